The minimum absolute atomic E-state index is 0.265. The number of hydroxylamine groups is 1. The van der Waals surface area contributed by atoms with Crippen LogP contribution in [0, 0.1) is 5.82 Å². The van der Waals surface area contributed by atoms with Crippen LogP contribution in [0.15, 0.2) is 18.2 Å². The summed E-state index contributed by atoms with van der Waals surface area (Å²) in [7, 11) is 0. The van der Waals surface area contributed by atoms with Crippen LogP contribution < -0.4 is 5.48 Å². The first kappa shape index (κ1) is 15.7. The molecule has 0 aliphatic rings. The van der Waals surface area contributed by atoms with Crippen molar-refractivity contribution in [2.45, 2.75) is 18.9 Å². The van der Waals surface area contributed by atoms with Gasteiger partial charge in [-0.1, -0.05) is 6.07 Å². The molecule has 1 N–H and O–H groups in total. The molecule has 0 saturated carbocycles. The lowest BCUT2D eigenvalue weighted by Crippen LogP contribution is -2.25. The summed E-state index contributed by atoms with van der Waals surface area (Å²) in [5, 5.41) is 0. The number of hydrogen-bond donors (Lipinski definition) is 1. The molecular weight excluding hydrogens is 283 g/mol. The van der Waals surface area contributed by atoms with Crippen LogP contribution in [-0.4, -0.2) is 12.8 Å². The van der Waals surface area contributed by atoms with E-state index in [-0.39, 0.29) is 6.07 Å². The van der Waals surface area contributed by atoms with Crippen LogP contribution in [0.2, 0.25) is 0 Å². The van der Waals surface area contributed by atoms with E-state index in [1.165, 1.54) is 0 Å². The van der Waals surface area contributed by atoms with Gasteiger partial charge in [0, 0.05) is 6.54 Å². The van der Waals surface area contributed by atoms with Crippen LogP contribution in [0.4, 0.5) is 30.7 Å². The molecule has 0 aliphatic carbocycles. The van der Waals surface area contributed by atoms with Gasteiger partial charge in [-0.2, -0.15) is 31.8 Å². The monoisotopic (exact) mass is 291 g/mol. The lowest BCUT2D eigenvalue weighted by molar-refractivity contribution is -0.190. The fraction of sp³-hybridized carbons (Fsp3) is 0.400. The maximum atomic E-state index is 12.7. The van der Waals surface area contributed by atoms with Crippen molar-refractivity contribution in [1.29, 1.82) is 0 Å². The normalized spacial score (nSPS) is 12.8. The molecule has 1 rings (SSSR count). The van der Waals surface area contributed by atoms with Crippen molar-refractivity contribution in [2.24, 2.45) is 0 Å². The zero-order valence-electron chi connectivity index (χ0n) is 9.20. The van der Waals surface area contributed by atoms with E-state index in [0.29, 0.717) is 0 Å². The van der Waals surface area contributed by atoms with E-state index in [4.69, 9.17) is 0 Å². The number of hydrogen-bond acceptors (Lipinski definition) is 2. The Labute approximate surface area is 103 Å². The first-order valence-corrected chi connectivity index (χ1v) is 4.86. The third kappa shape index (κ3) is 5.43. The second-order valence-corrected chi connectivity index (χ2v) is 3.52. The highest BCUT2D eigenvalue weighted by atomic mass is 19.4. The zero-order chi connectivity index (χ0) is 14.7. The Kier molecular flexibility index (Phi) is 4.75. The van der Waals surface area contributed by atoms with Gasteiger partial charge in [0.05, 0.1) is 5.56 Å². The standard InChI is InChI=1S/C10H8F7NO/c11-7-2-1-6(8(3-7)10(15,16)17)4-18-19-5-9(12,13)14/h1-3,18H,4-5H2. The van der Waals surface area contributed by atoms with Gasteiger partial charge in [0.25, 0.3) is 0 Å². The summed E-state index contributed by atoms with van der Waals surface area (Å²) in [5.74, 6) is -1.09. The van der Waals surface area contributed by atoms with Crippen molar-refractivity contribution in [2.75, 3.05) is 6.61 Å². The third-order valence-corrected chi connectivity index (χ3v) is 1.98. The quantitative estimate of drug-likeness (QED) is 0.521. The van der Waals surface area contributed by atoms with Gasteiger partial charge in [0.15, 0.2) is 6.61 Å². The molecule has 0 unspecified atom stereocenters. The van der Waals surface area contributed by atoms with Gasteiger partial charge in [-0.25, -0.2) is 4.39 Å². The van der Waals surface area contributed by atoms with Crippen molar-refractivity contribution >= 4 is 0 Å². The van der Waals surface area contributed by atoms with Gasteiger partial charge in [-0.15, -0.1) is 0 Å². The molecule has 0 aliphatic heterocycles. The maximum Gasteiger partial charge on any atom is 0.416 e. The Hall–Kier alpha value is -1.35. The summed E-state index contributed by atoms with van der Waals surface area (Å²) in [6, 6.07) is 1.86. The van der Waals surface area contributed by atoms with Gasteiger partial charge >= 0.3 is 12.4 Å². The van der Waals surface area contributed by atoms with Crippen molar-refractivity contribution in [3.63, 3.8) is 0 Å². The maximum absolute atomic E-state index is 12.7. The lowest BCUT2D eigenvalue weighted by Gasteiger charge is -2.14. The average molecular weight is 291 g/mol. The van der Waals surface area contributed by atoms with Crippen LogP contribution in [0.25, 0.3) is 0 Å². The van der Waals surface area contributed by atoms with E-state index in [9.17, 15) is 30.7 Å². The molecule has 0 radical (unpaired) electrons. The van der Waals surface area contributed by atoms with Crippen LogP contribution in [0.1, 0.15) is 11.1 Å². The molecule has 2 nitrogen and oxygen atoms in total. The van der Waals surface area contributed by atoms with Crippen molar-refractivity contribution in [1.82, 2.24) is 5.48 Å². The minimum atomic E-state index is -4.80. The smallest absolute Gasteiger partial charge is 0.292 e. The highest BCUT2D eigenvalue weighted by molar-refractivity contribution is 5.30. The summed E-state index contributed by atoms with van der Waals surface area (Å²) < 4.78 is 85.4. The highest BCUT2D eigenvalue weighted by Gasteiger charge is 2.33. The molecule has 0 bridgehead atoms. The Morgan fingerprint density at radius 3 is 2.21 bits per heavy atom. The van der Waals surface area contributed by atoms with Crippen LogP contribution in [0.5, 0.6) is 0 Å². The molecule has 0 aromatic heterocycles. The van der Waals surface area contributed by atoms with Crippen molar-refractivity contribution < 1.29 is 35.6 Å². The van der Waals surface area contributed by atoms with Crippen LogP contribution in [-0.2, 0) is 17.6 Å². The molecule has 0 atom stereocenters. The lowest BCUT2D eigenvalue weighted by atomic mass is 10.1. The predicted molar refractivity (Wildman–Crippen MR) is 50.2 cm³/mol. The minimum Gasteiger partial charge on any atom is -0.292 e. The third-order valence-electron chi connectivity index (χ3n) is 1.98. The fourth-order valence-corrected chi connectivity index (χ4v) is 1.23. The number of rotatable bonds is 4. The summed E-state index contributed by atoms with van der Waals surface area (Å²) in [4.78, 5) is 3.96. The Balaban J connectivity index is 2.68. The van der Waals surface area contributed by atoms with Gasteiger partial charge < -0.3 is 0 Å². The van der Waals surface area contributed by atoms with E-state index in [0.717, 1.165) is 12.1 Å². The number of alkyl halides is 6. The molecule has 0 heterocycles. The molecule has 1 aromatic rings. The topological polar surface area (TPSA) is 21.3 Å². The van der Waals surface area contributed by atoms with E-state index >= 15 is 0 Å². The van der Waals surface area contributed by atoms with Crippen LogP contribution >= 0.6 is 0 Å². The Bertz CT molecular complexity index is 427. The average Bonchev–Trinajstić information content (AvgIpc) is 2.23. The molecule has 0 fully saturated rings. The first-order valence-electron chi connectivity index (χ1n) is 4.86. The van der Waals surface area contributed by atoms with Gasteiger partial charge in [-0.05, 0) is 17.7 Å². The molecular formula is C10H8F7NO. The molecule has 0 saturated heterocycles. The number of benzene rings is 1. The second-order valence-electron chi connectivity index (χ2n) is 3.52. The first-order chi connectivity index (χ1) is 8.59. The van der Waals surface area contributed by atoms with Crippen molar-refractivity contribution in [3.8, 4) is 0 Å². The number of halogens is 7. The van der Waals surface area contributed by atoms with E-state index in [2.05, 4.69) is 4.84 Å². The van der Waals surface area contributed by atoms with E-state index in [1.54, 1.807) is 5.48 Å². The Morgan fingerprint density at radius 1 is 1.05 bits per heavy atom. The van der Waals surface area contributed by atoms with Gasteiger partial charge in [-0.3, -0.25) is 4.84 Å². The fourth-order valence-electron chi connectivity index (χ4n) is 1.23. The molecule has 1 aromatic carbocycles. The second kappa shape index (κ2) is 5.74. The SMILES string of the molecule is Fc1ccc(CNOCC(F)(F)F)c(C(F)(F)F)c1. The molecule has 19 heavy (non-hydrogen) atoms. The largest absolute Gasteiger partial charge is 0.416 e. The summed E-state index contributed by atoms with van der Waals surface area (Å²) in [6.07, 6.45) is -9.40. The zero-order valence-corrected chi connectivity index (χ0v) is 9.20. The molecule has 108 valence electrons. The molecule has 0 spiro atoms. The predicted octanol–water partition coefficient (Wildman–Crippen LogP) is 3.43. The van der Waals surface area contributed by atoms with E-state index in [1.807, 2.05) is 0 Å². The number of nitrogens with one attached hydrogen (secondary N) is 1. The van der Waals surface area contributed by atoms with Crippen molar-refractivity contribution in [3.05, 3.63) is 35.1 Å². The van der Waals surface area contributed by atoms with Crippen LogP contribution in [0.3, 0.4) is 0 Å². The van der Waals surface area contributed by atoms with Gasteiger partial charge in [0.1, 0.15) is 5.82 Å². The molecule has 0 amide bonds. The highest BCUT2D eigenvalue weighted by Crippen LogP contribution is 2.32. The summed E-state index contributed by atoms with van der Waals surface area (Å²) in [6.45, 7) is -2.28. The van der Waals surface area contributed by atoms with Gasteiger partial charge in [0.2, 0.25) is 0 Å². The van der Waals surface area contributed by atoms with E-state index < -0.39 is 42.4 Å². The summed E-state index contributed by atoms with van der Waals surface area (Å²) >= 11 is 0. The Morgan fingerprint density at radius 2 is 1.68 bits per heavy atom. The summed E-state index contributed by atoms with van der Waals surface area (Å²) in [5.41, 5.74) is 0.0595. The molecule has 9 heteroatoms.